The number of hydrogen-bond acceptors (Lipinski definition) is 3. The summed E-state index contributed by atoms with van der Waals surface area (Å²) < 4.78 is 67.6. The summed E-state index contributed by atoms with van der Waals surface area (Å²) in [7, 11) is 0. The van der Waals surface area contributed by atoms with Crippen molar-refractivity contribution in [3.05, 3.63) is 51.8 Å². The number of H-pyrrole nitrogens is 1. The summed E-state index contributed by atoms with van der Waals surface area (Å²) in [4.78, 5) is 15.4. The van der Waals surface area contributed by atoms with Crippen molar-refractivity contribution in [1.29, 1.82) is 0 Å². The van der Waals surface area contributed by atoms with Crippen molar-refractivity contribution in [1.82, 2.24) is 20.0 Å². The van der Waals surface area contributed by atoms with E-state index in [9.17, 15) is 26.7 Å². The number of nitrogens with one attached hydrogen (secondary N) is 1. The van der Waals surface area contributed by atoms with Crippen LogP contribution in [0.2, 0.25) is 0 Å². The van der Waals surface area contributed by atoms with Gasteiger partial charge in [-0.25, -0.2) is 8.78 Å². The minimum Gasteiger partial charge on any atom is -0.337 e. The molecule has 10 heteroatoms. The first-order valence-electron chi connectivity index (χ1n) is 10.2. The van der Waals surface area contributed by atoms with Crippen LogP contribution in [0, 0.1) is 11.6 Å². The number of aromatic nitrogens is 2. The molecule has 0 atom stereocenters. The van der Waals surface area contributed by atoms with Gasteiger partial charge in [0.05, 0.1) is 23.5 Å². The van der Waals surface area contributed by atoms with Crippen LogP contribution in [-0.2, 0) is 30.5 Å². The first-order chi connectivity index (χ1) is 14.6. The van der Waals surface area contributed by atoms with Crippen LogP contribution in [0.4, 0.5) is 22.0 Å². The molecular weight excluding hydrogens is 419 g/mol. The molecule has 2 aliphatic rings. The lowest BCUT2D eigenvalue weighted by atomic mass is 9.85. The lowest BCUT2D eigenvalue weighted by Gasteiger charge is -2.33. The van der Waals surface area contributed by atoms with E-state index in [0.717, 1.165) is 23.0 Å². The van der Waals surface area contributed by atoms with Crippen LogP contribution in [0.1, 0.15) is 53.8 Å². The standard InChI is InChI=1S/C21H23F5N4O/c1-12(31)30-7-4-15-18(27-28-19(15)11-30)10-29-5-2-13(3-6-29)16-8-14(22)9-17(23)20(16)21(24,25)26/h8-9,13H,2-7,10-11H2,1H3,(H,27,28). The highest BCUT2D eigenvalue weighted by atomic mass is 19.4. The van der Waals surface area contributed by atoms with E-state index in [4.69, 9.17) is 0 Å². The second-order valence-corrected chi connectivity index (χ2v) is 8.22. The van der Waals surface area contributed by atoms with Gasteiger partial charge < -0.3 is 4.90 Å². The molecule has 2 aliphatic heterocycles. The lowest BCUT2D eigenvalue weighted by Crippen LogP contribution is -2.35. The molecule has 1 aromatic heterocycles. The Balaban J connectivity index is 1.44. The molecule has 0 spiro atoms. The van der Waals surface area contributed by atoms with Crippen LogP contribution in [0.5, 0.6) is 0 Å². The van der Waals surface area contributed by atoms with Crippen LogP contribution in [0.25, 0.3) is 0 Å². The highest BCUT2D eigenvalue weighted by molar-refractivity contribution is 5.73. The van der Waals surface area contributed by atoms with E-state index in [0.29, 0.717) is 52.0 Å². The van der Waals surface area contributed by atoms with Crippen molar-refractivity contribution in [3.63, 3.8) is 0 Å². The molecule has 0 radical (unpaired) electrons. The molecule has 4 rings (SSSR count). The Hall–Kier alpha value is -2.49. The number of likely N-dealkylation sites (tertiary alicyclic amines) is 1. The van der Waals surface area contributed by atoms with E-state index in [1.807, 2.05) is 0 Å². The third-order valence-electron chi connectivity index (χ3n) is 6.23. The minimum atomic E-state index is -4.87. The Kier molecular flexibility index (Phi) is 5.76. The zero-order valence-corrected chi connectivity index (χ0v) is 17.0. The van der Waals surface area contributed by atoms with Gasteiger partial charge in [-0.05, 0) is 49.9 Å². The third kappa shape index (κ3) is 4.44. The van der Waals surface area contributed by atoms with Gasteiger partial charge >= 0.3 is 6.18 Å². The molecule has 0 unspecified atom stereocenters. The monoisotopic (exact) mass is 442 g/mol. The fraction of sp³-hybridized carbons (Fsp3) is 0.524. The summed E-state index contributed by atoms with van der Waals surface area (Å²) >= 11 is 0. The second-order valence-electron chi connectivity index (χ2n) is 8.22. The van der Waals surface area contributed by atoms with E-state index in [2.05, 4.69) is 15.1 Å². The summed E-state index contributed by atoms with van der Waals surface area (Å²) in [5.41, 5.74) is 1.22. The van der Waals surface area contributed by atoms with E-state index in [1.165, 1.54) is 6.92 Å². The number of benzene rings is 1. The number of fused-ring (bicyclic) bond motifs is 1. The van der Waals surface area contributed by atoms with Crippen molar-refractivity contribution < 1.29 is 26.7 Å². The fourth-order valence-corrected chi connectivity index (χ4v) is 4.61. The molecule has 1 N–H and O–H groups in total. The fourth-order valence-electron chi connectivity index (χ4n) is 4.61. The number of piperidine rings is 1. The van der Waals surface area contributed by atoms with Crippen LogP contribution in [0.15, 0.2) is 12.1 Å². The number of aromatic amines is 1. The number of alkyl halides is 3. The van der Waals surface area contributed by atoms with Gasteiger partial charge in [-0.3, -0.25) is 14.8 Å². The number of amides is 1. The average molecular weight is 442 g/mol. The molecule has 1 aromatic carbocycles. The summed E-state index contributed by atoms with van der Waals surface area (Å²) in [6.07, 6.45) is -3.42. The molecule has 3 heterocycles. The Morgan fingerprint density at radius 3 is 2.55 bits per heavy atom. The first kappa shape index (κ1) is 21.7. The maximum atomic E-state index is 13.9. The molecule has 1 saturated heterocycles. The predicted octanol–water partition coefficient (Wildman–Crippen LogP) is 3.99. The minimum absolute atomic E-state index is 0.0101. The zero-order valence-electron chi connectivity index (χ0n) is 17.0. The number of halogens is 5. The summed E-state index contributed by atoms with van der Waals surface area (Å²) in [6.45, 7) is 4.19. The quantitative estimate of drug-likeness (QED) is 0.732. The lowest BCUT2D eigenvalue weighted by molar-refractivity contribution is -0.141. The molecule has 0 aliphatic carbocycles. The Morgan fingerprint density at radius 1 is 1.19 bits per heavy atom. The molecule has 0 saturated carbocycles. The maximum Gasteiger partial charge on any atom is 0.419 e. The van der Waals surface area contributed by atoms with Gasteiger partial charge in [-0.15, -0.1) is 0 Å². The molecular formula is C21H23F5N4O. The van der Waals surface area contributed by atoms with Crippen LogP contribution in [-0.4, -0.2) is 45.5 Å². The van der Waals surface area contributed by atoms with E-state index >= 15 is 0 Å². The van der Waals surface area contributed by atoms with Gasteiger partial charge in [0.15, 0.2) is 0 Å². The Bertz CT molecular complexity index is 979. The summed E-state index contributed by atoms with van der Waals surface area (Å²) in [5, 5.41) is 7.37. The highest BCUT2D eigenvalue weighted by Gasteiger charge is 2.39. The normalized spacial score (nSPS) is 18.3. The Labute approximate surface area is 176 Å². The number of carbonyl (C=O) groups excluding carboxylic acids is 1. The third-order valence-corrected chi connectivity index (χ3v) is 6.23. The van der Waals surface area contributed by atoms with Gasteiger partial charge in [0.1, 0.15) is 11.6 Å². The molecule has 31 heavy (non-hydrogen) atoms. The average Bonchev–Trinajstić information content (AvgIpc) is 3.09. The number of nitrogens with zero attached hydrogens (tertiary/aromatic N) is 3. The molecule has 2 aromatic rings. The molecule has 0 bridgehead atoms. The number of carbonyl (C=O) groups is 1. The number of rotatable bonds is 3. The van der Waals surface area contributed by atoms with Crippen molar-refractivity contribution in [3.8, 4) is 0 Å². The predicted molar refractivity (Wildman–Crippen MR) is 102 cm³/mol. The topological polar surface area (TPSA) is 52.2 Å². The SMILES string of the molecule is CC(=O)N1CCc2c(CN3CCC(c4cc(F)cc(F)c4C(F)(F)F)CC3)n[nH]c2C1. The molecule has 168 valence electrons. The zero-order chi connectivity index (χ0) is 22.3. The molecule has 1 amide bonds. The van der Waals surface area contributed by atoms with Crippen molar-refractivity contribution in [2.75, 3.05) is 19.6 Å². The molecule has 5 nitrogen and oxygen atoms in total. The van der Waals surface area contributed by atoms with E-state index in [1.54, 1.807) is 4.90 Å². The van der Waals surface area contributed by atoms with Gasteiger partial charge in [-0.2, -0.15) is 18.3 Å². The Morgan fingerprint density at radius 2 is 1.90 bits per heavy atom. The van der Waals surface area contributed by atoms with Gasteiger partial charge in [0, 0.05) is 31.6 Å². The van der Waals surface area contributed by atoms with Crippen molar-refractivity contribution >= 4 is 5.91 Å². The highest BCUT2D eigenvalue weighted by Crippen LogP contribution is 2.41. The van der Waals surface area contributed by atoms with E-state index < -0.39 is 29.3 Å². The largest absolute Gasteiger partial charge is 0.419 e. The number of hydrogen-bond donors (Lipinski definition) is 1. The van der Waals surface area contributed by atoms with E-state index in [-0.39, 0.29) is 17.5 Å². The van der Waals surface area contributed by atoms with Crippen LogP contribution < -0.4 is 0 Å². The van der Waals surface area contributed by atoms with Crippen LogP contribution in [0.3, 0.4) is 0 Å². The maximum absolute atomic E-state index is 13.9. The van der Waals surface area contributed by atoms with Crippen molar-refractivity contribution in [2.24, 2.45) is 0 Å². The summed E-state index contributed by atoms with van der Waals surface area (Å²) in [5.74, 6) is -3.11. The van der Waals surface area contributed by atoms with Gasteiger partial charge in [0.25, 0.3) is 0 Å². The smallest absolute Gasteiger partial charge is 0.337 e. The summed E-state index contributed by atoms with van der Waals surface area (Å²) in [6, 6.07) is 1.10. The van der Waals surface area contributed by atoms with Crippen molar-refractivity contribution in [2.45, 2.75) is 51.4 Å². The van der Waals surface area contributed by atoms with Gasteiger partial charge in [-0.1, -0.05) is 0 Å². The van der Waals surface area contributed by atoms with Crippen LogP contribution >= 0.6 is 0 Å². The molecule has 1 fully saturated rings. The first-order valence-corrected chi connectivity index (χ1v) is 10.2. The van der Waals surface area contributed by atoms with Gasteiger partial charge in [0.2, 0.25) is 5.91 Å². The second kappa shape index (κ2) is 8.22.